The highest BCUT2D eigenvalue weighted by atomic mass is 16.3. The highest BCUT2D eigenvalue weighted by Gasteiger charge is 2.35. The summed E-state index contributed by atoms with van der Waals surface area (Å²) in [5.74, 6) is 0.105. The van der Waals surface area contributed by atoms with Crippen LogP contribution in [-0.4, -0.2) is 38.3 Å². The minimum absolute atomic E-state index is 0.0426. The molecule has 114 valence electrons. The quantitative estimate of drug-likeness (QED) is 0.859. The smallest absolute Gasteiger partial charge is 0.253 e. The van der Waals surface area contributed by atoms with E-state index in [-0.39, 0.29) is 24.0 Å². The molecule has 1 aliphatic rings. The second kappa shape index (κ2) is 6.62. The average Bonchev–Trinajstić information content (AvgIpc) is 2.53. The molecule has 2 aromatic heterocycles. The van der Waals surface area contributed by atoms with Crippen molar-refractivity contribution in [1.82, 2.24) is 20.5 Å². The van der Waals surface area contributed by atoms with Crippen LogP contribution in [-0.2, 0) is 6.42 Å². The number of amides is 1. The van der Waals surface area contributed by atoms with Crippen molar-refractivity contribution in [2.45, 2.75) is 31.4 Å². The SMILES string of the molecule is O=C(N[C@H](Cc1ccccn1)C1CC(O)C1)c1ccnnc1. The molecule has 6 nitrogen and oxygen atoms in total. The van der Waals surface area contributed by atoms with Crippen molar-refractivity contribution in [3.8, 4) is 0 Å². The summed E-state index contributed by atoms with van der Waals surface area (Å²) in [6.45, 7) is 0. The van der Waals surface area contributed by atoms with E-state index in [4.69, 9.17) is 0 Å². The normalized spacial score (nSPS) is 21.7. The first-order chi connectivity index (χ1) is 10.7. The van der Waals surface area contributed by atoms with Crippen LogP contribution in [0.4, 0.5) is 0 Å². The summed E-state index contributed by atoms with van der Waals surface area (Å²) < 4.78 is 0. The number of carbonyl (C=O) groups excluding carboxylic acids is 1. The zero-order valence-corrected chi connectivity index (χ0v) is 12.1. The molecule has 0 spiro atoms. The predicted octanol–water partition coefficient (Wildman–Crippen LogP) is 0.984. The lowest BCUT2D eigenvalue weighted by Crippen LogP contribution is -2.48. The lowest BCUT2D eigenvalue weighted by atomic mass is 9.76. The fourth-order valence-electron chi connectivity index (χ4n) is 2.71. The Kier molecular flexibility index (Phi) is 4.39. The van der Waals surface area contributed by atoms with Gasteiger partial charge in [-0.25, -0.2) is 0 Å². The minimum Gasteiger partial charge on any atom is -0.393 e. The fraction of sp³-hybridized carbons (Fsp3) is 0.375. The van der Waals surface area contributed by atoms with Crippen molar-refractivity contribution >= 4 is 5.91 Å². The molecule has 1 fully saturated rings. The summed E-state index contributed by atoms with van der Waals surface area (Å²) >= 11 is 0. The number of aliphatic hydroxyl groups excluding tert-OH is 1. The molecule has 0 aromatic carbocycles. The highest BCUT2D eigenvalue weighted by Crippen LogP contribution is 2.31. The molecule has 2 aromatic rings. The number of carbonyl (C=O) groups is 1. The third-order valence-corrected chi connectivity index (χ3v) is 4.04. The van der Waals surface area contributed by atoms with Crippen LogP contribution in [0.2, 0.25) is 0 Å². The maximum absolute atomic E-state index is 12.3. The van der Waals surface area contributed by atoms with E-state index < -0.39 is 0 Å². The Morgan fingerprint density at radius 1 is 1.27 bits per heavy atom. The number of nitrogens with zero attached hydrogens (tertiary/aromatic N) is 3. The third kappa shape index (κ3) is 3.46. The number of nitrogens with one attached hydrogen (secondary N) is 1. The first kappa shape index (κ1) is 14.6. The monoisotopic (exact) mass is 298 g/mol. The number of hydrogen-bond acceptors (Lipinski definition) is 5. The first-order valence-electron chi connectivity index (χ1n) is 7.38. The van der Waals surface area contributed by atoms with Crippen molar-refractivity contribution in [2.24, 2.45) is 5.92 Å². The average molecular weight is 298 g/mol. The number of aliphatic hydroxyl groups is 1. The van der Waals surface area contributed by atoms with Crippen LogP contribution in [0.1, 0.15) is 28.9 Å². The summed E-state index contributed by atoms with van der Waals surface area (Å²) in [4.78, 5) is 16.6. The Bertz CT molecular complexity index is 615. The molecule has 1 aliphatic carbocycles. The van der Waals surface area contributed by atoms with Gasteiger partial charge in [0, 0.05) is 24.4 Å². The van der Waals surface area contributed by atoms with Crippen molar-refractivity contribution in [1.29, 1.82) is 0 Å². The van der Waals surface area contributed by atoms with Crippen LogP contribution >= 0.6 is 0 Å². The second-order valence-corrected chi connectivity index (χ2v) is 5.62. The van der Waals surface area contributed by atoms with Gasteiger partial charge in [0.05, 0.1) is 24.1 Å². The molecule has 0 bridgehead atoms. The van der Waals surface area contributed by atoms with Gasteiger partial charge in [0.15, 0.2) is 0 Å². The highest BCUT2D eigenvalue weighted by molar-refractivity contribution is 5.93. The van der Waals surface area contributed by atoms with Crippen LogP contribution in [0.3, 0.4) is 0 Å². The van der Waals surface area contributed by atoms with Crippen molar-refractivity contribution < 1.29 is 9.90 Å². The minimum atomic E-state index is -0.254. The first-order valence-corrected chi connectivity index (χ1v) is 7.38. The van der Waals surface area contributed by atoms with Gasteiger partial charge in [0.2, 0.25) is 0 Å². The number of rotatable bonds is 5. The van der Waals surface area contributed by atoms with Gasteiger partial charge in [0.1, 0.15) is 0 Å². The number of pyridine rings is 1. The maximum Gasteiger partial charge on any atom is 0.253 e. The van der Waals surface area contributed by atoms with E-state index in [0.717, 1.165) is 5.69 Å². The number of aromatic nitrogens is 3. The Morgan fingerprint density at radius 2 is 2.14 bits per heavy atom. The standard InChI is InChI=1S/C16H18N4O2/c21-14-7-12(8-14)15(9-13-3-1-2-5-17-13)20-16(22)11-4-6-18-19-10-11/h1-6,10,12,14-15,21H,7-9H2,(H,20,22)/t12?,14?,15-/m1/s1. The zero-order valence-electron chi connectivity index (χ0n) is 12.1. The van der Waals surface area contributed by atoms with Crippen molar-refractivity contribution in [2.75, 3.05) is 0 Å². The summed E-state index contributed by atoms with van der Waals surface area (Å²) in [6.07, 6.45) is 6.52. The Labute approximate surface area is 128 Å². The van der Waals surface area contributed by atoms with Crippen LogP contribution in [0.25, 0.3) is 0 Å². The van der Waals surface area contributed by atoms with Gasteiger partial charge >= 0.3 is 0 Å². The van der Waals surface area contributed by atoms with Gasteiger partial charge in [-0.3, -0.25) is 9.78 Å². The van der Waals surface area contributed by atoms with E-state index in [1.807, 2.05) is 18.2 Å². The van der Waals surface area contributed by atoms with Crippen LogP contribution in [0.15, 0.2) is 42.9 Å². The van der Waals surface area contributed by atoms with Crippen LogP contribution in [0, 0.1) is 5.92 Å². The van der Waals surface area contributed by atoms with Crippen molar-refractivity contribution in [3.05, 3.63) is 54.1 Å². The fourth-order valence-corrected chi connectivity index (χ4v) is 2.71. The molecule has 1 saturated carbocycles. The Morgan fingerprint density at radius 3 is 2.77 bits per heavy atom. The molecular formula is C16H18N4O2. The molecular weight excluding hydrogens is 280 g/mol. The topological polar surface area (TPSA) is 88.0 Å². The molecule has 0 radical (unpaired) electrons. The largest absolute Gasteiger partial charge is 0.393 e. The van der Waals surface area contributed by atoms with Crippen LogP contribution in [0.5, 0.6) is 0 Å². The summed E-state index contributed by atoms with van der Waals surface area (Å²) in [5.41, 5.74) is 1.42. The van der Waals surface area contributed by atoms with Gasteiger partial charge in [-0.15, -0.1) is 0 Å². The Hall–Kier alpha value is -2.34. The van der Waals surface area contributed by atoms with E-state index in [9.17, 15) is 9.90 Å². The molecule has 0 saturated heterocycles. The summed E-state index contributed by atoms with van der Waals surface area (Å²) in [5, 5.41) is 20.0. The van der Waals surface area contributed by atoms with Gasteiger partial charge in [-0.05, 0) is 37.0 Å². The van der Waals surface area contributed by atoms with E-state index in [1.54, 1.807) is 12.3 Å². The molecule has 3 rings (SSSR count). The predicted molar refractivity (Wildman–Crippen MR) is 80.0 cm³/mol. The molecule has 0 unspecified atom stereocenters. The van der Waals surface area contributed by atoms with E-state index >= 15 is 0 Å². The lowest BCUT2D eigenvalue weighted by molar-refractivity contribution is 0.0237. The Balaban J connectivity index is 1.70. The number of hydrogen-bond donors (Lipinski definition) is 2. The van der Waals surface area contributed by atoms with E-state index in [2.05, 4.69) is 20.5 Å². The molecule has 6 heteroatoms. The molecule has 22 heavy (non-hydrogen) atoms. The van der Waals surface area contributed by atoms with Gasteiger partial charge in [-0.1, -0.05) is 6.07 Å². The molecule has 0 aliphatic heterocycles. The molecule has 2 N–H and O–H groups in total. The third-order valence-electron chi connectivity index (χ3n) is 4.04. The van der Waals surface area contributed by atoms with Gasteiger partial charge < -0.3 is 10.4 Å². The maximum atomic E-state index is 12.3. The van der Waals surface area contributed by atoms with Gasteiger partial charge in [-0.2, -0.15) is 10.2 Å². The van der Waals surface area contributed by atoms with E-state index in [1.165, 1.54) is 12.4 Å². The molecule has 1 amide bonds. The molecule has 1 atom stereocenters. The van der Waals surface area contributed by atoms with Gasteiger partial charge in [0.25, 0.3) is 5.91 Å². The second-order valence-electron chi connectivity index (χ2n) is 5.62. The lowest BCUT2D eigenvalue weighted by Gasteiger charge is -2.38. The summed E-state index contributed by atoms with van der Waals surface area (Å²) in [7, 11) is 0. The zero-order chi connectivity index (χ0) is 15.4. The van der Waals surface area contributed by atoms with Crippen LogP contribution < -0.4 is 5.32 Å². The molecule has 2 heterocycles. The summed E-state index contributed by atoms with van der Waals surface area (Å²) in [6, 6.07) is 7.34. The van der Waals surface area contributed by atoms with Crippen molar-refractivity contribution in [3.63, 3.8) is 0 Å². The van der Waals surface area contributed by atoms with E-state index in [0.29, 0.717) is 24.8 Å².